The number of hydrogen-bond acceptors (Lipinski definition) is 4. The molecule has 0 spiro atoms. The molecule has 0 aromatic heterocycles. The molecule has 1 aromatic rings. The normalized spacial score (nSPS) is 11.7. The monoisotopic (exact) mass is 250 g/mol. The molecule has 18 heavy (non-hydrogen) atoms. The van der Waals surface area contributed by atoms with E-state index in [1.807, 2.05) is 6.92 Å². The van der Waals surface area contributed by atoms with Crippen molar-refractivity contribution in [1.29, 1.82) is 0 Å². The lowest BCUT2D eigenvalue weighted by Crippen LogP contribution is -2.28. The van der Waals surface area contributed by atoms with Gasteiger partial charge in [-0.25, -0.2) is 4.79 Å². The number of amides is 1. The summed E-state index contributed by atoms with van der Waals surface area (Å²) >= 11 is 0. The molecule has 5 nitrogen and oxygen atoms in total. The highest BCUT2D eigenvalue weighted by Crippen LogP contribution is 2.13. The highest BCUT2D eigenvalue weighted by molar-refractivity contribution is 5.95. The molecular formula is C13H18N2O3. The second-order valence-electron chi connectivity index (χ2n) is 3.90. The SMILES string of the molecule is CCC(CN)C(=O)Nc1cccc(C(=O)OC)c1. The van der Waals surface area contributed by atoms with Crippen molar-refractivity contribution < 1.29 is 14.3 Å². The van der Waals surface area contributed by atoms with E-state index in [0.717, 1.165) is 0 Å². The highest BCUT2D eigenvalue weighted by atomic mass is 16.5. The van der Waals surface area contributed by atoms with Gasteiger partial charge in [0.15, 0.2) is 0 Å². The topological polar surface area (TPSA) is 81.4 Å². The Morgan fingerprint density at radius 2 is 2.17 bits per heavy atom. The highest BCUT2D eigenvalue weighted by Gasteiger charge is 2.15. The number of hydrogen-bond donors (Lipinski definition) is 2. The zero-order valence-corrected chi connectivity index (χ0v) is 10.6. The van der Waals surface area contributed by atoms with E-state index in [0.29, 0.717) is 24.2 Å². The number of carbonyl (C=O) groups excluding carboxylic acids is 2. The Bertz CT molecular complexity index is 428. The second kappa shape index (κ2) is 6.76. The van der Waals surface area contributed by atoms with Gasteiger partial charge in [-0.2, -0.15) is 0 Å². The van der Waals surface area contributed by atoms with Gasteiger partial charge in [0.1, 0.15) is 0 Å². The molecule has 5 heteroatoms. The number of methoxy groups -OCH3 is 1. The summed E-state index contributed by atoms with van der Waals surface area (Å²) in [4.78, 5) is 23.2. The fourth-order valence-corrected chi connectivity index (χ4v) is 1.55. The largest absolute Gasteiger partial charge is 0.465 e. The van der Waals surface area contributed by atoms with Gasteiger partial charge in [0.25, 0.3) is 0 Å². The Morgan fingerprint density at radius 1 is 1.44 bits per heavy atom. The molecule has 1 atom stereocenters. The Morgan fingerprint density at radius 3 is 2.72 bits per heavy atom. The number of carbonyl (C=O) groups is 2. The lowest BCUT2D eigenvalue weighted by atomic mass is 10.1. The minimum absolute atomic E-state index is 0.137. The number of ether oxygens (including phenoxy) is 1. The Balaban J connectivity index is 2.79. The number of nitrogens with two attached hydrogens (primary N) is 1. The van der Waals surface area contributed by atoms with E-state index < -0.39 is 5.97 Å². The summed E-state index contributed by atoms with van der Waals surface area (Å²) in [6.45, 7) is 2.21. The van der Waals surface area contributed by atoms with Crippen molar-refractivity contribution >= 4 is 17.6 Å². The molecule has 1 amide bonds. The van der Waals surface area contributed by atoms with Crippen LogP contribution in [0.15, 0.2) is 24.3 Å². The first kappa shape index (κ1) is 14.2. The minimum Gasteiger partial charge on any atom is -0.465 e. The van der Waals surface area contributed by atoms with Gasteiger partial charge in [-0.05, 0) is 24.6 Å². The van der Waals surface area contributed by atoms with Crippen LogP contribution < -0.4 is 11.1 Å². The Labute approximate surface area is 106 Å². The molecule has 1 unspecified atom stereocenters. The van der Waals surface area contributed by atoms with Crippen LogP contribution in [0, 0.1) is 5.92 Å². The second-order valence-corrected chi connectivity index (χ2v) is 3.90. The fourth-order valence-electron chi connectivity index (χ4n) is 1.55. The molecular weight excluding hydrogens is 232 g/mol. The van der Waals surface area contributed by atoms with Gasteiger partial charge in [-0.1, -0.05) is 13.0 Å². The van der Waals surface area contributed by atoms with Crippen molar-refractivity contribution in [1.82, 2.24) is 0 Å². The molecule has 98 valence electrons. The summed E-state index contributed by atoms with van der Waals surface area (Å²) in [6, 6.07) is 6.60. The van der Waals surface area contributed by atoms with Gasteiger partial charge in [0, 0.05) is 12.2 Å². The molecule has 0 aliphatic rings. The maximum atomic E-state index is 11.8. The molecule has 0 saturated carbocycles. The van der Waals surface area contributed by atoms with Crippen molar-refractivity contribution in [3.8, 4) is 0 Å². The van der Waals surface area contributed by atoms with Crippen LogP contribution in [-0.4, -0.2) is 25.5 Å². The van der Waals surface area contributed by atoms with E-state index in [9.17, 15) is 9.59 Å². The number of anilines is 1. The molecule has 1 aromatic carbocycles. The van der Waals surface area contributed by atoms with E-state index in [4.69, 9.17) is 5.73 Å². The molecule has 0 radical (unpaired) electrons. The van der Waals surface area contributed by atoms with Gasteiger partial charge < -0.3 is 15.8 Å². The van der Waals surface area contributed by atoms with Crippen LogP contribution >= 0.6 is 0 Å². The zero-order valence-electron chi connectivity index (χ0n) is 10.6. The summed E-state index contributed by atoms with van der Waals surface area (Å²) in [7, 11) is 1.31. The third-order valence-electron chi connectivity index (χ3n) is 2.70. The summed E-state index contributed by atoms with van der Waals surface area (Å²) in [5.41, 5.74) is 6.47. The van der Waals surface area contributed by atoms with Gasteiger partial charge in [0.2, 0.25) is 5.91 Å². The molecule has 0 heterocycles. The smallest absolute Gasteiger partial charge is 0.337 e. The first-order valence-corrected chi connectivity index (χ1v) is 5.81. The van der Waals surface area contributed by atoms with Gasteiger partial charge in [-0.3, -0.25) is 4.79 Å². The molecule has 1 rings (SSSR count). The van der Waals surface area contributed by atoms with Crippen molar-refractivity contribution in [3.63, 3.8) is 0 Å². The van der Waals surface area contributed by atoms with Crippen molar-refractivity contribution in [3.05, 3.63) is 29.8 Å². The minimum atomic E-state index is -0.433. The van der Waals surface area contributed by atoms with E-state index in [1.54, 1.807) is 24.3 Å². The first-order chi connectivity index (χ1) is 8.62. The summed E-state index contributed by atoms with van der Waals surface area (Å²) in [6.07, 6.45) is 0.680. The van der Waals surface area contributed by atoms with Gasteiger partial charge >= 0.3 is 5.97 Å². The lowest BCUT2D eigenvalue weighted by Gasteiger charge is -2.13. The predicted octanol–water partition coefficient (Wildman–Crippen LogP) is 1.40. The first-order valence-electron chi connectivity index (χ1n) is 5.81. The molecule has 0 aliphatic carbocycles. The Kier molecular flexibility index (Phi) is 5.32. The molecule has 0 fully saturated rings. The van der Waals surface area contributed by atoms with Crippen LogP contribution in [0.4, 0.5) is 5.69 Å². The lowest BCUT2D eigenvalue weighted by molar-refractivity contribution is -0.119. The van der Waals surface area contributed by atoms with E-state index in [2.05, 4.69) is 10.1 Å². The van der Waals surface area contributed by atoms with Crippen molar-refractivity contribution in [2.75, 3.05) is 19.0 Å². The summed E-state index contributed by atoms with van der Waals surface area (Å²) < 4.78 is 4.61. The maximum absolute atomic E-state index is 11.8. The average Bonchev–Trinajstić information content (AvgIpc) is 2.39. The average molecular weight is 250 g/mol. The standard InChI is InChI=1S/C13H18N2O3/c1-3-9(8-14)12(16)15-11-6-4-5-10(7-11)13(17)18-2/h4-7,9H,3,8,14H2,1-2H3,(H,15,16). The summed E-state index contributed by atoms with van der Waals surface area (Å²) in [5.74, 6) is -0.786. The third kappa shape index (κ3) is 3.56. The van der Waals surface area contributed by atoms with Crippen LogP contribution in [0.5, 0.6) is 0 Å². The van der Waals surface area contributed by atoms with Gasteiger partial charge in [-0.15, -0.1) is 0 Å². The van der Waals surface area contributed by atoms with E-state index >= 15 is 0 Å². The van der Waals surface area contributed by atoms with Crippen molar-refractivity contribution in [2.45, 2.75) is 13.3 Å². The number of esters is 1. The molecule has 0 aliphatic heterocycles. The van der Waals surface area contributed by atoms with Crippen LogP contribution in [0.25, 0.3) is 0 Å². The van der Waals surface area contributed by atoms with Gasteiger partial charge in [0.05, 0.1) is 18.6 Å². The molecule has 3 N–H and O–H groups in total. The number of benzene rings is 1. The number of rotatable bonds is 5. The maximum Gasteiger partial charge on any atom is 0.337 e. The quantitative estimate of drug-likeness (QED) is 0.774. The molecule has 0 saturated heterocycles. The predicted molar refractivity (Wildman–Crippen MR) is 69.2 cm³/mol. The van der Waals surface area contributed by atoms with Crippen LogP contribution in [-0.2, 0) is 9.53 Å². The van der Waals surface area contributed by atoms with E-state index in [-0.39, 0.29) is 11.8 Å². The third-order valence-corrected chi connectivity index (χ3v) is 2.70. The fraction of sp³-hybridized carbons (Fsp3) is 0.385. The molecule has 0 bridgehead atoms. The van der Waals surface area contributed by atoms with Crippen molar-refractivity contribution in [2.24, 2.45) is 11.7 Å². The van der Waals surface area contributed by atoms with Crippen LogP contribution in [0.2, 0.25) is 0 Å². The number of nitrogens with one attached hydrogen (secondary N) is 1. The van der Waals surface area contributed by atoms with E-state index in [1.165, 1.54) is 7.11 Å². The summed E-state index contributed by atoms with van der Waals surface area (Å²) in [5, 5.41) is 2.74. The zero-order chi connectivity index (χ0) is 13.5. The Hall–Kier alpha value is -1.88. The van der Waals surface area contributed by atoms with Crippen LogP contribution in [0.3, 0.4) is 0 Å². The van der Waals surface area contributed by atoms with Crippen LogP contribution in [0.1, 0.15) is 23.7 Å².